The molecule has 0 saturated carbocycles. The van der Waals surface area contributed by atoms with Crippen LogP contribution in [0.2, 0.25) is 10.0 Å². The van der Waals surface area contributed by atoms with E-state index in [4.69, 9.17) is 32.7 Å². The molecular formula is C32H22Cl2N2O8. The predicted molar refractivity (Wildman–Crippen MR) is 164 cm³/mol. The van der Waals surface area contributed by atoms with Crippen LogP contribution in [0, 0.1) is 0 Å². The van der Waals surface area contributed by atoms with E-state index in [2.05, 4.69) is 0 Å². The third-order valence-electron chi connectivity index (χ3n) is 7.30. The average Bonchev–Trinajstić information content (AvgIpc) is 3.00. The zero-order chi connectivity index (χ0) is 31.1. The van der Waals surface area contributed by atoms with Crippen LogP contribution in [0.1, 0.15) is 0 Å². The van der Waals surface area contributed by atoms with E-state index in [0.29, 0.717) is 66.3 Å². The molecule has 0 saturated heterocycles. The molecule has 10 nitrogen and oxygen atoms in total. The number of carboxylic acid groups (broad SMARTS) is 2. The summed E-state index contributed by atoms with van der Waals surface area (Å²) in [5.41, 5.74) is 4.77. The smallest absolute Gasteiger partial charge is 0.323 e. The van der Waals surface area contributed by atoms with Crippen LogP contribution in [0.3, 0.4) is 0 Å². The van der Waals surface area contributed by atoms with Crippen molar-refractivity contribution in [1.29, 1.82) is 0 Å². The number of nitrogens with zero attached hydrogens (tertiary/aromatic N) is 2. The zero-order valence-corrected chi connectivity index (χ0v) is 24.3. The van der Waals surface area contributed by atoms with Crippen molar-refractivity contribution in [1.82, 2.24) is 0 Å². The third-order valence-corrected chi connectivity index (χ3v) is 8.12. The number of ether oxygens (including phenoxy) is 2. The largest absolute Gasteiger partial charge is 0.482 e. The maximum atomic E-state index is 12.3. The molecule has 0 atom stereocenters. The lowest BCUT2D eigenvalue weighted by Gasteiger charge is -2.28. The van der Waals surface area contributed by atoms with Crippen LogP contribution in [0.5, 0.6) is 11.5 Å². The molecule has 0 bridgehead atoms. The number of hydrogen-bond donors (Lipinski definition) is 2. The van der Waals surface area contributed by atoms with Crippen LogP contribution >= 0.6 is 23.2 Å². The SMILES string of the molecule is O=C(O)CN1C(=O)COc2cc(-c3cccc(-c4cccc(-c5ccc6c(c5)OCC(=O)N6CC(=O)O)c4Cl)c3Cl)ccc21. The summed E-state index contributed by atoms with van der Waals surface area (Å²) < 4.78 is 11.2. The Bertz CT molecular complexity index is 1740. The number of hydrogen-bond acceptors (Lipinski definition) is 6. The minimum atomic E-state index is -1.14. The molecule has 0 unspecified atom stereocenters. The van der Waals surface area contributed by atoms with Gasteiger partial charge < -0.3 is 19.7 Å². The quantitative estimate of drug-likeness (QED) is 0.268. The molecule has 44 heavy (non-hydrogen) atoms. The minimum Gasteiger partial charge on any atom is -0.482 e. The van der Waals surface area contributed by atoms with E-state index in [1.807, 2.05) is 36.4 Å². The summed E-state index contributed by atoms with van der Waals surface area (Å²) in [6, 6.07) is 21.2. The van der Waals surface area contributed by atoms with Gasteiger partial charge in [-0.05, 0) is 35.4 Å². The maximum Gasteiger partial charge on any atom is 0.323 e. The fourth-order valence-corrected chi connectivity index (χ4v) is 5.96. The van der Waals surface area contributed by atoms with Gasteiger partial charge >= 0.3 is 11.9 Å². The second-order valence-corrected chi connectivity index (χ2v) is 10.8. The van der Waals surface area contributed by atoms with Gasteiger partial charge in [0.1, 0.15) is 24.6 Å². The average molecular weight is 633 g/mol. The van der Waals surface area contributed by atoms with E-state index < -0.39 is 36.8 Å². The Morgan fingerprint density at radius 3 is 1.41 bits per heavy atom. The number of amides is 2. The normalized spacial score (nSPS) is 14.0. The van der Waals surface area contributed by atoms with E-state index in [1.54, 1.807) is 36.4 Å². The molecule has 6 rings (SSSR count). The number of carbonyl (C=O) groups is 4. The standard InChI is InChI=1S/C32H22Cl2N2O8/c33-31-19(17-7-9-23-25(11-17)43-15-27(37)35(23)13-29(39)40)3-1-5-21(31)22-6-2-4-20(32(22)34)18-8-10-24-26(12-18)44-16-28(38)36(24)14-30(41)42/h1-12H,13-16H2,(H,39,40)(H,41,42). The fourth-order valence-electron chi connectivity index (χ4n) is 5.29. The van der Waals surface area contributed by atoms with Crippen LogP contribution in [-0.4, -0.2) is 60.3 Å². The highest BCUT2D eigenvalue weighted by Crippen LogP contribution is 2.45. The van der Waals surface area contributed by atoms with E-state index in [1.165, 1.54) is 9.80 Å². The van der Waals surface area contributed by atoms with Gasteiger partial charge in [0.15, 0.2) is 13.2 Å². The highest BCUT2D eigenvalue weighted by Gasteiger charge is 2.29. The zero-order valence-electron chi connectivity index (χ0n) is 22.8. The van der Waals surface area contributed by atoms with Crippen molar-refractivity contribution >= 4 is 58.3 Å². The molecule has 2 N–H and O–H groups in total. The molecule has 0 radical (unpaired) electrons. The summed E-state index contributed by atoms with van der Waals surface area (Å²) in [6.45, 7) is -1.51. The summed E-state index contributed by atoms with van der Waals surface area (Å²) in [4.78, 5) is 49.4. The van der Waals surface area contributed by atoms with Crippen LogP contribution in [0.4, 0.5) is 11.4 Å². The number of carbonyl (C=O) groups excluding carboxylic acids is 2. The molecule has 0 spiro atoms. The van der Waals surface area contributed by atoms with Crippen LogP contribution in [0.15, 0.2) is 72.8 Å². The van der Waals surface area contributed by atoms with E-state index in [-0.39, 0.29) is 13.2 Å². The molecule has 2 amide bonds. The lowest BCUT2D eigenvalue weighted by atomic mass is 9.95. The number of fused-ring (bicyclic) bond motifs is 2. The molecule has 2 aliphatic rings. The summed E-state index contributed by atoms with van der Waals surface area (Å²) in [5, 5.41) is 19.3. The molecule has 2 heterocycles. The van der Waals surface area contributed by atoms with Crippen molar-refractivity contribution in [3.8, 4) is 44.9 Å². The van der Waals surface area contributed by atoms with Gasteiger partial charge in [0.25, 0.3) is 11.8 Å². The van der Waals surface area contributed by atoms with E-state index >= 15 is 0 Å². The number of benzene rings is 4. The van der Waals surface area contributed by atoms with Gasteiger partial charge in [0, 0.05) is 22.3 Å². The van der Waals surface area contributed by atoms with Gasteiger partial charge in [0.05, 0.1) is 21.4 Å². The van der Waals surface area contributed by atoms with Crippen LogP contribution in [-0.2, 0) is 19.2 Å². The molecule has 4 aromatic rings. The number of anilines is 2. The van der Waals surface area contributed by atoms with Crippen molar-refractivity contribution in [2.45, 2.75) is 0 Å². The number of carboxylic acids is 2. The number of aliphatic carboxylic acids is 2. The molecule has 12 heteroatoms. The Hall–Kier alpha value is -5.06. The second kappa shape index (κ2) is 11.6. The lowest BCUT2D eigenvalue weighted by molar-refractivity contribution is -0.137. The molecule has 0 aliphatic carbocycles. The Kier molecular flexibility index (Phi) is 7.62. The Balaban J connectivity index is 1.36. The molecule has 222 valence electrons. The first-order valence-electron chi connectivity index (χ1n) is 13.3. The second-order valence-electron chi connectivity index (χ2n) is 10.0. The number of rotatable bonds is 7. The minimum absolute atomic E-state index is 0.276. The van der Waals surface area contributed by atoms with Gasteiger partial charge in [-0.15, -0.1) is 0 Å². The molecule has 4 aromatic carbocycles. The molecule has 2 aliphatic heterocycles. The number of halogens is 2. The van der Waals surface area contributed by atoms with Gasteiger partial charge in [-0.1, -0.05) is 71.7 Å². The first-order valence-corrected chi connectivity index (χ1v) is 14.0. The highest BCUT2D eigenvalue weighted by atomic mass is 35.5. The molecule has 0 fully saturated rings. The van der Waals surface area contributed by atoms with Crippen molar-refractivity contribution in [2.24, 2.45) is 0 Å². The topological polar surface area (TPSA) is 134 Å². The first kappa shape index (κ1) is 29.0. The maximum absolute atomic E-state index is 12.3. The van der Waals surface area contributed by atoms with Crippen LogP contribution in [0.25, 0.3) is 33.4 Å². The van der Waals surface area contributed by atoms with Gasteiger partial charge in [-0.25, -0.2) is 0 Å². The van der Waals surface area contributed by atoms with Crippen molar-refractivity contribution in [2.75, 3.05) is 36.1 Å². The van der Waals surface area contributed by atoms with E-state index in [9.17, 15) is 29.4 Å². The van der Waals surface area contributed by atoms with Gasteiger partial charge in [-0.2, -0.15) is 0 Å². The summed E-state index contributed by atoms with van der Waals surface area (Å²) >= 11 is 13.9. The Morgan fingerprint density at radius 2 is 1.02 bits per heavy atom. The fraction of sp³-hybridized carbons (Fsp3) is 0.125. The van der Waals surface area contributed by atoms with Crippen molar-refractivity contribution < 1.29 is 38.9 Å². The van der Waals surface area contributed by atoms with Gasteiger partial charge in [-0.3, -0.25) is 29.0 Å². The molecular weight excluding hydrogens is 611 g/mol. The predicted octanol–water partition coefficient (Wildman–Crippen LogP) is 5.61. The molecule has 0 aromatic heterocycles. The van der Waals surface area contributed by atoms with Crippen molar-refractivity contribution in [3.05, 3.63) is 82.8 Å². The Labute approximate surface area is 260 Å². The summed E-state index contributed by atoms with van der Waals surface area (Å²) in [6.07, 6.45) is 0. The van der Waals surface area contributed by atoms with Crippen molar-refractivity contribution in [3.63, 3.8) is 0 Å². The summed E-state index contributed by atoms with van der Waals surface area (Å²) in [7, 11) is 0. The van der Waals surface area contributed by atoms with Crippen LogP contribution < -0.4 is 19.3 Å². The first-order chi connectivity index (χ1) is 21.1. The Morgan fingerprint density at radius 1 is 0.636 bits per heavy atom. The summed E-state index contributed by atoms with van der Waals surface area (Å²) in [5.74, 6) is -2.43. The van der Waals surface area contributed by atoms with E-state index in [0.717, 1.165) is 0 Å². The lowest BCUT2D eigenvalue weighted by Crippen LogP contribution is -2.41. The van der Waals surface area contributed by atoms with Gasteiger partial charge in [0.2, 0.25) is 0 Å². The third kappa shape index (κ3) is 5.29. The highest BCUT2D eigenvalue weighted by molar-refractivity contribution is 6.39. The monoisotopic (exact) mass is 632 g/mol.